The average molecular weight is 363 g/mol. The molecule has 0 atom stereocenters. The molecule has 120 valence electrons. The van der Waals surface area contributed by atoms with Crippen molar-refractivity contribution in [2.45, 2.75) is 13.2 Å². The van der Waals surface area contributed by atoms with Gasteiger partial charge in [-0.1, -0.05) is 47.5 Å². The Morgan fingerprint density at radius 3 is 2.55 bits per heavy atom. The molecule has 0 saturated heterocycles. The monoisotopic (exact) mass is 361 g/mol. The summed E-state index contributed by atoms with van der Waals surface area (Å²) in [5.74, 6) is 0.800. The number of aliphatic hydroxyl groups excluding tert-OH is 1. The van der Waals surface area contributed by atoms with E-state index in [1.165, 1.54) is 0 Å². The second-order valence-electron chi connectivity index (χ2n) is 4.53. The van der Waals surface area contributed by atoms with Gasteiger partial charge in [0.2, 0.25) is 0 Å². The Kier molecular flexibility index (Phi) is 8.61. The summed E-state index contributed by atoms with van der Waals surface area (Å²) in [5.41, 5.74) is 1.93. The zero-order valence-corrected chi connectivity index (χ0v) is 14.2. The molecule has 0 amide bonds. The molecule has 0 heterocycles. The summed E-state index contributed by atoms with van der Waals surface area (Å²) in [7, 11) is 0. The lowest BCUT2D eigenvalue weighted by Gasteiger charge is -2.12. The Hall–Kier alpha value is -0.970. The van der Waals surface area contributed by atoms with Crippen LogP contribution in [0.25, 0.3) is 0 Å². The fourth-order valence-electron chi connectivity index (χ4n) is 1.89. The molecule has 2 N–H and O–H groups in total. The number of para-hydroxylation sites is 1. The van der Waals surface area contributed by atoms with Crippen LogP contribution in [0.2, 0.25) is 10.0 Å². The van der Waals surface area contributed by atoms with Crippen LogP contribution in [0.15, 0.2) is 42.5 Å². The Balaban J connectivity index is 0.00000242. The van der Waals surface area contributed by atoms with Gasteiger partial charge in [0.05, 0.1) is 6.61 Å². The van der Waals surface area contributed by atoms with Crippen molar-refractivity contribution in [1.82, 2.24) is 5.32 Å². The third-order valence-electron chi connectivity index (χ3n) is 2.97. The van der Waals surface area contributed by atoms with E-state index in [1.54, 1.807) is 12.1 Å². The number of benzene rings is 2. The summed E-state index contributed by atoms with van der Waals surface area (Å²) in [4.78, 5) is 0. The third kappa shape index (κ3) is 5.67. The van der Waals surface area contributed by atoms with Gasteiger partial charge in [-0.15, -0.1) is 12.4 Å². The van der Waals surface area contributed by atoms with E-state index < -0.39 is 0 Å². The molecule has 0 unspecified atom stereocenters. The second kappa shape index (κ2) is 9.93. The van der Waals surface area contributed by atoms with Crippen molar-refractivity contribution in [2.24, 2.45) is 0 Å². The lowest BCUT2D eigenvalue weighted by molar-refractivity contribution is 0.288. The van der Waals surface area contributed by atoms with E-state index in [0.29, 0.717) is 29.7 Å². The minimum absolute atomic E-state index is 0. The molecule has 0 bridgehead atoms. The number of rotatable bonds is 7. The molecule has 0 fully saturated rings. The van der Waals surface area contributed by atoms with Crippen LogP contribution in [0.4, 0.5) is 0 Å². The standard InChI is InChI=1S/C16H17Cl2NO2.ClH/c17-14-6-5-13(15(18)9-14)11-21-16-4-2-1-3-12(16)10-19-7-8-20;/h1-6,9,19-20H,7-8,10-11H2;1H. The minimum Gasteiger partial charge on any atom is -0.489 e. The van der Waals surface area contributed by atoms with E-state index in [2.05, 4.69) is 5.32 Å². The van der Waals surface area contributed by atoms with Crippen LogP contribution in [0.5, 0.6) is 5.75 Å². The van der Waals surface area contributed by atoms with E-state index in [-0.39, 0.29) is 19.0 Å². The van der Waals surface area contributed by atoms with Crippen molar-refractivity contribution in [1.29, 1.82) is 0 Å². The normalized spacial score (nSPS) is 10.1. The van der Waals surface area contributed by atoms with Gasteiger partial charge in [-0.05, 0) is 18.2 Å². The molecule has 0 aliphatic heterocycles. The summed E-state index contributed by atoms with van der Waals surface area (Å²) in [5, 5.41) is 13.1. The molecule has 3 nitrogen and oxygen atoms in total. The molecule has 6 heteroatoms. The topological polar surface area (TPSA) is 41.5 Å². The van der Waals surface area contributed by atoms with Crippen molar-refractivity contribution in [3.63, 3.8) is 0 Å². The number of halogens is 3. The first-order valence-corrected chi connectivity index (χ1v) is 7.42. The molecule has 0 saturated carbocycles. The summed E-state index contributed by atoms with van der Waals surface area (Å²) in [6, 6.07) is 13.1. The largest absolute Gasteiger partial charge is 0.489 e. The molecule has 22 heavy (non-hydrogen) atoms. The van der Waals surface area contributed by atoms with Gasteiger partial charge in [0.25, 0.3) is 0 Å². The van der Waals surface area contributed by atoms with Crippen molar-refractivity contribution in [2.75, 3.05) is 13.2 Å². The van der Waals surface area contributed by atoms with Gasteiger partial charge in [0, 0.05) is 34.3 Å². The first-order chi connectivity index (χ1) is 10.2. The van der Waals surface area contributed by atoms with Crippen molar-refractivity contribution in [3.05, 3.63) is 63.6 Å². The fourth-order valence-corrected chi connectivity index (χ4v) is 2.35. The molecule has 0 aliphatic rings. The fraction of sp³-hybridized carbons (Fsp3) is 0.250. The van der Waals surface area contributed by atoms with Crippen molar-refractivity contribution in [3.8, 4) is 5.75 Å². The Morgan fingerprint density at radius 2 is 1.82 bits per heavy atom. The predicted molar refractivity (Wildman–Crippen MR) is 93.3 cm³/mol. The average Bonchev–Trinajstić information content (AvgIpc) is 2.48. The summed E-state index contributed by atoms with van der Waals surface area (Å²) in [6.07, 6.45) is 0. The Labute approximate surface area is 146 Å². The molecule has 0 radical (unpaired) electrons. The van der Waals surface area contributed by atoms with Gasteiger partial charge in [-0.3, -0.25) is 0 Å². The van der Waals surface area contributed by atoms with Gasteiger partial charge in [-0.2, -0.15) is 0 Å². The van der Waals surface area contributed by atoms with Crippen molar-refractivity contribution < 1.29 is 9.84 Å². The van der Waals surface area contributed by atoms with Crippen LogP contribution in [-0.2, 0) is 13.2 Å². The summed E-state index contributed by atoms with van der Waals surface area (Å²) < 4.78 is 5.84. The smallest absolute Gasteiger partial charge is 0.124 e. The van der Waals surface area contributed by atoms with Gasteiger partial charge >= 0.3 is 0 Å². The maximum Gasteiger partial charge on any atom is 0.124 e. The van der Waals surface area contributed by atoms with E-state index in [0.717, 1.165) is 16.9 Å². The summed E-state index contributed by atoms with van der Waals surface area (Å²) in [6.45, 7) is 1.69. The first-order valence-electron chi connectivity index (χ1n) is 6.67. The van der Waals surface area contributed by atoms with E-state index in [1.807, 2.05) is 30.3 Å². The number of hydrogen-bond donors (Lipinski definition) is 2. The predicted octanol–water partition coefficient (Wildman–Crippen LogP) is 4.08. The highest BCUT2D eigenvalue weighted by Gasteiger charge is 2.06. The molecular formula is C16H18Cl3NO2. The summed E-state index contributed by atoms with van der Waals surface area (Å²) >= 11 is 12.0. The number of nitrogens with one attached hydrogen (secondary N) is 1. The minimum atomic E-state index is 0. The first kappa shape index (κ1) is 19.1. The molecule has 0 aromatic heterocycles. The van der Waals surface area contributed by atoms with Crippen LogP contribution in [-0.4, -0.2) is 18.3 Å². The van der Waals surface area contributed by atoms with Crippen LogP contribution < -0.4 is 10.1 Å². The molecule has 0 aliphatic carbocycles. The lowest BCUT2D eigenvalue weighted by atomic mass is 10.2. The van der Waals surface area contributed by atoms with Crippen LogP contribution in [0.1, 0.15) is 11.1 Å². The Morgan fingerprint density at radius 1 is 1.05 bits per heavy atom. The van der Waals surface area contributed by atoms with Crippen LogP contribution >= 0.6 is 35.6 Å². The molecule has 0 spiro atoms. The third-order valence-corrected chi connectivity index (χ3v) is 3.56. The maximum absolute atomic E-state index is 8.80. The van der Waals surface area contributed by atoms with E-state index in [9.17, 15) is 0 Å². The Bertz CT molecular complexity index is 593. The highest BCUT2D eigenvalue weighted by atomic mass is 35.5. The van der Waals surface area contributed by atoms with Gasteiger partial charge in [0.15, 0.2) is 0 Å². The SMILES string of the molecule is Cl.OCCNCc1ccccc1OCc1ccc(Cl)cc1Cl. The molecule has 2 aromatic rings. The molecular weight excluding hydrogens is 345 g/mol. The van der Waals surface area contributed by atoms with Gasteiger partial charge in [-0.25, -0.2) is 0 Å². The zero-order chi connectivity index (χ0) is 15.1. The van der Waals surface area contributed by atoms with E-state index >= 15 is 0 Å². The quantitative estimate of drug-likeness (QED) is 0.729. The van der Waals surface area contributed by atoms with E-state index in [4.69, 9.17) is 33.0 Å². The molecule has 2 aromatic carbocycles. The highest BCUT2D eigenvalue weighted by molar-refractivity contribution is 6.35. The maximum atomic E-state index is 8.80. The molecule has 2 rings (SSSR count). The van der Waals surface area contributed by atoms with Crippen LogP contribution in [0.3, 0.4) is 0 Å². The zero-order valence-electron chi connectivity index (χ0n) is 11.9. The highest BCUT2D eigenvalue weighted by Crippen LogP contribution is 2.24. The number of hydrogen-bond acceptors (Lipinski definition) is 3. The van der Waals surface area contributed by atoms with Gasteiger partial charge in [0.1, 0.15) is 12.4 Å². The number of ether oxygens (including phenoxy) is 1. The second-order valence-corrected chi connectivity index (χ2v) is 5.38. The lowest BCUT2D eigenvalue weighted by Crippen LogP contribution is -2.18. The van der Waals surface area contributed by atoms with Crippen molar-refractivity contribution >= 4 is 35.6 Å². The number of aliphatic hydroxyl groups is 1. The van der Waals surface area contributed by atoms with Gasteiger partial charge < -0.3 is 15.2 Å². The van der Waals surface area contributed by atoms with Crippen LogP contribution in [0, 0.1) is 0 Å².